The van der Waals surface area contributed by atoms with Crippen molar-refractivity contribution in [2.45, 2.75) is 26.4 Å². The zero-order chi connectivity index (χ0) is 26.7. The molecule has 0 bridgehead atoms. The van der Waals surface area contributed by atoms with Crippen LogP contribution in [0.3, 0.4) is 0 Å². The Bertz CT molecular complexity index is 1610. The lowest BCUT2D eigenvalue weighted by molar-refractivity contribution is -0.385. The second-order valence-electron chi connectivity index (χ2n) is 7.93. The van der Waals surface area contributed by atoms with Crippen molar-refractivity contribution in [1.29, 1.82) is 0 Å². The Morgan fingerprint density at radius 2 is 1.92 bits per heavy atom. The molecule has 1 heterocycles. The molecule has 0 spiro atoms. The standard InChI is InChI=1S/C25H18BrCl3N4O4/c1-2-3-23-31-21-7-5-16(26)9-19(21)25(34)32(23)30-12-15-8-18(28)11-22(33(35)36)24(15)37-13-14-4-6-17(27)10-20(14)29/h4-12H,2-3,13H2,1H3. The molecule has 0 saturated heterocycles. The highest BCUT2D eigenvalue weighted by molar-refractivity contribution is 9.10. The number of aryl methyl sites for hydroxylation is 1. The third kappa shape index (κ3) is 6.13. The molecule has 190 valence electrons. The lowest BCUT2D eigenvalue weighted by atomic mass is 10.1. The molecule has 8 nitrogen and oxygen atoms in total. The van der Waals surface area contributed by atoms with Crippen molar-refractivity contribution < 1.29 is 9.66 Å². The first kappa shape index (κ1) is 27.1. The molecule has 0 aliphatic rings. The predicted molar refractivity (Wildman–Crippen MR) is 150 cm³/mol. The van der Waals surface area contributed by atoms with Gasteiger partial charge >= 0.3 is 5.69 Å². The molecule has 0 saturated carbocycles. The highest BCUT2D eigenvalue weighted by Crippen LogP contribution is 2.35. The van der Waals surface area contributed by atoms with Crippen molar-refractivity contribution in [3.63, 3.8) is 0 Å². The quantitative estimate of drug-likeness (QED) is 0.115. The number of hydrogen-bond acceptors (Lipinski definition) is 6. The lowest BCUT2D eigenvalue weighted by Gasteiger charge is -2.12. The van der Waals surface area contributed by atoms with E-state index < -0.39 is 4.92 Å². The molecule has 1 aromatic heterocycles. The summed E-state index contributed by atoms with van der Waals surface area (Å²) in [5.74, 6) is 0.372. The molecule has 0 aliphatic heterocycles. The minimum Gasteiger partial charge on any atom is -0.481 e. The predicted octanol–water partition coefficient (Wildman–Crippen LogP) is 7.44. The van der Waals surface area contributed by atoms with E-state index in [1.165, 1.54) is 23.0 Å². The van der Waals surface area contributed by atoms with E-state index in [0.29, 0.717) is 38.8 Å². The SMILES string of the molecule is CCCc1nc2ccc(Br)cc2c(=O)n1N=Cc1cc(Cl)cc([N+](=O)[O-])c1OCc1ccc(Cl)cc1Cl. The average molecular weight is 625 g/mol. The topological polar surface area (TPSA) is 99.6 Å². The number of ether oxygens (including phenoxy) is 1. The van der Waals surface area contributed by atoms with Gasteiger partial charge in [0, 0.05) is 43.2 Å². The van der Waals surface area contributed by atoms with Gasteiger partial charge in [0.25, 0.3) is 5.56 Å². The monoisotopic (exact) mass is 622 g/mol. The van der Waals surface area contributed by atoms with E-state index in [0.717, 1.165) is 10.9 Å². The number of rotatable bonds is 8. The Morgan fingerprint density at radius 1 is 1.14 bits per heavy atom. The van der Waals surface area contributed by atoms with Crippen molar-refractivity contribution in [3.05, 3.63) is 105 Å². The van der Waals surface area contributed by atoms with Crippen LogP contribution >= 0.6 is 50.7 Å². The van der Waals surface area contributed by atoms with E-state index in [1.807, 2.05) is 6.92 Å². The van der Waals surface area contributed by atoms with Gasteiger partial charge in [-0.1, -0.05) is 63.7 Å². The number of fused-ring (bicyclic) bond motifs is 1. The number of nitrogens with zero attached hydrogens (tertiary/aromatic N) is 4. The Morgan fingerprint density at radius 3 is 2.62 bits per heavy atom. The maximum absolute atomic E-state index is 13.3. The van der Waals surface area contributed by atoms with Crippen molar-refractivity contribution in [2.75, 3.05) is 0 Å². The van der Waals surface area contributed by atoms with Gasteiger partial charge in [-0.2, -0.15) is 9.78 Å². The number of hydrogen-bond donors (Lipinski definition) is 0. The second-order valence-corrected chi connectivity index (χ2v) is 10.1. The number of benzene rings is 3. The first-order chi connectivity index (χ1) is 17.7. The number of nitro benzene ring substituents is 1. The maximum atomic E-state index is 13.3. The van der Waals surface area contributed by atoms with E-state index >= 15 is 0 Å². The molecule has 0 fully saturated rings. The van der Waals surface area contributed by atoms with Gasteiger partial charge in [-0.3, -0.25) is 14.9 Å². The summed E-state index contributed by atoms with van der Waals surface area (Å²) in [4.78, 5) is 29.1. The second kappa shape index (κ2) is 11.6. The zero-order valence-electron chi connectivity index (χ0n) is 19.3. The van der Waals surface area contributed by atoms with E-state index in [4.69, 9.17) is 39.5 Å². The van der Waals surface area contributed by atoms with Gasteiger partial charge in [0.05, 0.1) is 22.0 Å². The summed E-state index contributed by atoms with van der Waals surface area (Å²) in [6.07, 6.45) is 2.51. The molecule has 0 N–H and O–H groups in total. The van der Waals surface area contributed by atoms with Crippen LogP contribution in [0.4, 0.5) is 5.69 Å². The van der Waals surface area contributed by atoms with Crippen LogP contribution in [-0.4, -0.2) is 20.8 Å². The molecule has 0 atom stereocenters. The summed E-state index contributed by atoms with van der Waals surface area (Å²) in [7, 11) is 0. The highest BCUT2D eigenvalue weighted by atomic mass is 79.9. The molecule has 3 aromatic carbocycles. The summed E-state index contributed by atoms with van der Waals surface area (Å²) in [5.41, 5.74) is 0.584. The van der Waals surface area contributed by atoms with Crippen LogP contribution in [0.5, 0.6) is 5.75 Å². The third-order valence-corrected chi connectivity index (χ3v) is 6.61. The van der Waals surface area contributed by atoms with Crippen molar-refractivity contribution in [3.8, 4) is 5.75 Å². The molecule has 0 amide bonds. The van der Waals surface area contributed by atoms with Crippen LogP contribution in [0, 0.1) is 10.1 Å². The Labute approximate surface area is 234 Å². The summed E-state index contributed by atoms with van der Waals surface area (Å²) in [5, 5.41) is 17.4. The van der Waals surface area contributed by atoms with Crippen LogP contribution in [0.15, 0.2) is 62.9 Å². The Hall–Kier alpha value is -2.98. The summed E-state index contributed by atoms with van der Waals surface area (Å²) in [6.45, 7) is 1.88. The fourth-order valence-corrected chi connectivity index (χ4v) is 4.64. The van der Waals surface area contributed by atoms with Crippen molar-refractivity contribution >= 4 is 73.5 Å². The van der Waals surface area contributed by atoms with E-state index in [-0.39, 0.29) is 34.2 Å². The van der Waals surface area contributed by atoms with Gasteiger partial charge in [0.15, 0.2) is 0 Å². The molecule has 0 unspecified atom stereocenters. The molecular formula is C25H18BrCl3N4O4. The number of aromatic nitrogens is 2. The maximum Gasteiger partial charge on any atom is 0.313 e. The Balaban J connectivity index is 1.81. The van der Waals surface area contributed by atoms with Gasteiger partial charge in [0.1, 0.15) is 12.4 Å². The minimum atomic E-state index is -0.605. The van der Waals surface area contributed by atoms with Crippen LogP contribution in [-0.2, 0) is 13.0 Å². The Kier molecular flexibility index (Phi) is 8.49. The first-order valence-electron chi connectivity index (χ1n) is 11.0. The zero-order valence-corrected chi connectivity index (χ0v) is 23.1. The van der Waals surface area contributed by atoms with Gasteiger partial charge in [-0.15, -0.1) is 0 Å². The molecule has 0 aliphatic carbocycles. The largest absolute Gasteiger partial charge is 0.481 e. The van der Waals surface area contributed by atoms with Crippen LogP contribution in [0.25, 0.3) is 10.9 Å². The van der Waals surface area contributed by atoms with E-state index in [9.17, 15) is 14.9 Å². The van der Waals surface area contributed by atoms with E-state index in [1.54, 1.807) is 36.4 Å². The van der Waals surface area contributed by atoms with Gasteiger partial charge in [-0.25, -0.2) is 4.98 Å². The molecule has 4 aromatic rings. The normalized spacial score (nSPS) is 11.4. The fraction of sp³-hybridized carbons (Fsp3) is 0.160. The fourth-order valence-electron chi connectivity index (χ4n) is 3.60. The number of halogens is 4. The molecule has 0 radical (unpaired) electrons. The molecular weight excluding hydrogens is 607 g/mol. The third-order valence-electron chi connectivity index (χ3n) is 5.31. The smallest absolute Gasteiger partial charge is 0.313 e. The van der Waals surface area contributed by atoms with Gasteiger partial charge in [0.2, 0.25) is 5.75 Å². The van der Waals surface area contributed by atoms with Gasteiger partial charge in [-0.05, 0) is 42.8 Å². The van der Waals surface area contributed by atoms with Crippen LogP contribution < -0.4 is 10.3 Å². The van der Waals surface area contributed by atoms with Crippen molar-refractivity contribution in [2.24, 2.45) is 5.10 Å². The minimum absolute atomic E-state index is 0.0775. The first-order valence-corrected chi connectivity index (χ1v) is 12.9. The summed E-state index contributed by atoms with van der Waals surface area (Å²) < 4.78 is 7.75. The molecule has 12 heteroatoms. The van der Waals surface area contributed by atoms with Crippen LogP contribution in [0.1, 0.15) is 30.3 Å². The van der Waals surface area contributed by atoms with Crippen LogP contribution in [0.2, 0.25) is 15.1 Å². The summed E-state index contributed by atoms with van der Waals surface area (Å²) >= 11 is 21.7. The average Bonchev–Trinajstić information content (AvgIpc) is 2.84. The van der Waals surface area contributed by atoms with E-state index in [2.05, 4.69) is 26.0 Å². The van der Waals surface area contributed by atoms with Crippen molar-refractivity contribution in [1.82, 2.24) is 9.66 Å². The molecule has 37 heavy (non-hydrogen) atoms. The summed E-state index contributed by atoms with van der Waals surface area (Å²) in [6, 6.07) is 12.7. The number of nitro groups is 1. The highest BCUT2D eigenvalue weighted by Gasteiger charge is 2.21. The lowest BCUT2D eigenvalue weighted by Crippen LogP contribution is -2.22. The van der Waals surface area contributed by atoms with Gasteiger partial charge < -0.3 is 4.74 Å². The molecule has 4 rings (SSSR count).